The number of nitrogens with zero attached hydrogens (tertiary/aromatic N) is 2. The Bertz CT molecular complexity index is 920. The van der Waals surface area contributed by atoms with Crippen LogP contribution < -0.4 is 20.5 Å². The van der Waals surface area contributed by atoms with Gasteiger partial charge in [-0.15, -0.1) is 0 Å². The summed E-state index contributed by atoms with van der Waals surface area (Å²) in [6.07, 6.45) is 6.65. The molecule has 1 aromatic heterocycles. The maximum absolute atomic E-state index is 12.7. The Morgan fingerprint density at radius 2 is 2.00 bits per heavy atom. The zero-order valence-electron chi connectivity index (χ0n) is 16.8. The minimum absolute atomic E-state index is 0.0123. The number of nitrogens with one attached hydrogen (secondary N) is 2. The summed E-state index contributed by atoms with van der Waals surface area (Å²) in [6.45, 7) is 1.31. The lowest BCUT2D eigenvalue weighted by molar-refractivity contribution is -0.117. The van der Waals surface area contributed by atoms with Crippen molar-refractivity contribution < 1.29 is 9.53 Å². The molecule has 1 aliphatic carbocycles. The van der Waals surface area contributed by atoms with Crippen molar-refractivity contribution in [2.75, 3.05) is 30.4 Å². The topological polar surface area (TPSA) is 87.3 Å². The van der Waals surface area contributed by atoms with E-state index in [4.69, 9.17) is 4.74 Å². The lowest BCUT2D eigenvalue weighted by Crippen LogP contribution is -2.25. The van der Waals surface area contributed by atoms with Gasteiger partial charge in [0.1, 0.15) is 5.75 Å². The molecule has 154 valence electrons. The molecule has 0 bridgehead atoms. The van der Waals surface area contributed by atoms with Gasteiger partial charge in [0.05, 0.1) is 18.5 Å². The first-order valence-corrected chi connectivity index (χ1v) is 10.4. The maximum Gasteiger partial charge on any atom is 0.252 e. The molecular weight excluding hydrogens is 368 g/mol. The minimum Gasteiger partial charge on any atom is -0.495 e. The van der Waals surface area contributed by atoms with Gasteiger partial charge >= 0.3 is 0 Å². The second-order valence-corrected chi connectivity index (χ2v) is 7.98. The summed E-state index contributed by atoms with van der Waals surface area (Å²) in [4.78, 5) is 34.0. The van der Waals surface area contributed by atoms with Crippen LogP contribution in [0.3, 0.4) is 0 Å². The number of aromatic amines is 1. The lowest BCUT2D eigenvalue weighted by atomic mass is 9.89. The highest BCUT2D eigenvalue weighted by Crippen LogP contribution is 2.35. The fourth-order valence-corrected chi connectivity index (χ4v) is 4.39. The molecule has 29 heavy (non-hydrogen) atoms. The van der Waals surface area contributed by atoms with Crippen LogP contribution in [-0.4, -0.2) is 36.1 Å². The lowest BCUT2D eigenvalue weighted by Gasteiger charge is -2.22. The van der Waals surface area contributed by atoms with Crippen molar-refractivity contribution in [1.29, 1.82) is 0 Å². The van der Waals surface area contributed by atoms with Crippen molar-refractivity contribution in [3.05, 3.63) is 46.4 Å². The monoisotopic (exact) mass is 396 g/mol. The highest BCUT2D eigenvalue weighted by Gasteiger charge is 2.34. The number of hydrogen-bond donors (Lipinski definition) is 2. The molecule has 7 nitrogen and oxygen atoms in total. The van der Waals surface area contributed by atoms with E-state index in [0.29, 0.717) is 36.3 Å². The molecule has 1 saturated heterocycles. The van der Waals surface area contributed by atoms with E-state index < -0.39 is 0 Å². The zero-order chi connectivity index (χ0) is 20.2. The Balaban J connectivity index is 1.49. The van der Waals surface area contributed by atoms with Crippen LogP contribution >= 0.6 is 0 Å². The summed E-state index contributed by atoms with van der Waals surface area (Å²) in [7, 11) is 1.60. The quantitative estimate of drug-likeness (QED) is 0.782. The van der Waals surface area contributed by atoms with Crippen molar-refractivity contribution in [3.63, 3.8) is 0 Å². The molecule has 1 atom stereocenters. The van der Waals surface area contributed by atoms with Gasteiger partial charge in [-0.2, -0.15) is 0 Å². The van der Waals surface area contributed by atoms with Crippen LogP contribution in [0.25, 0.3) is 0 Å². The van der Waals surface area contributed by atoms with Crippen LogP contribution in [-0.2, 0) is 4.79 Å². The molecule has 4 rings (SSSR count). The summed E-state index contributed by atoms with van der Waals surface area (Å²) >= 11 is 0. The number of amides is 1. The Hall–Kier alpha value is -2.83. The van der Waals surface area contributed by atoms with E-state index in [1.807, 2.05) is 24.3 Å². The SMILES string of the molecule is COc1ccccc1N1C[C@H](c2cc(=O)[nH]c(NCC3CCCCC3)n2)CC1=O. The van der Waals surface area contributed by atoms with Crippen molar-refractivity contribution >= 4 is 17.5 Å². The van der Waals surface area contributed by atoms with Gasteiger partial charge in [-0.1, -0.05) is 31.4 Å². The van der Waals surface area contributed by atoms with Crippen molar-refractivity contribution in [3.8, 4) is 5.75 Å². The van der Waals surface area contributed by atoms with E-state index in [1.54, 1.807) is 12.0 Å². The van der Waals surface area contributed by atoms with Crippen LogP contribution in [0.2, 0.25) is 0 Å². The molecule has 2 aliphatic rings. The molecule has 1 amide bonds. The molecule has 2 N–H and O–H groups in total. The van der Waals surface area contributed by atoms with Crippen molar-refractivity contribution in [2.24, 2.45) is 5.92 Å². The van der Waals surface area contributed by atoms with Gasteiger partial charge in [-0.25, -0.2) is 4.98 Å². The number of carbonyl (C=O) groups is 1. The first-order chi connectivity index (χ1) is 14.1. The van der Waals surface area contributed by atoms with E-state index in [-0.39, 0.29) is 17.4 Å². The number of ether oxygens (including phenoxy) is 1. The van der Waals surface area contributed by atoms with E-state index in [2.05, 4.69) is 15.3 Å². The third kappa shape index (κ3) is 4.44. The molecule has 0 spiro atoms. The highest BCUT2D eigenvalue weighted by molar-refractivity contribution is 5.97. The molecule has 1 aromatic carbocycles. The normalized spacial score (nSPS) is 20.1. The van der Waals surface area contributed by atoms with Gasteiger partial charge < -0.3 is 15.0 Å². The van der Waals surface area contributed by atoms with Crippen LogP contribution in [0.1, 0.15) is 50.1 Å². The number of methoxy groups -OCH3 is 1. The molecule has 2 fully saturated rings. The smallest absolute Gasteiger partial charge is 0.252 e. The fourth-order valence-electron chi connectivity index (χ4n) is 4.39. The molecular formula is C22H28N4O3. The average molecular weight is 396 g/mol. The second-order valence-electron chi connectivity index (χ2n) is 7.98. The number of rotatable bonds is 6. The predicted octanol–water partition coefficient (Wildman–Crippen LogP) is 3.29. The maximum atomic E-state index is 12.7. The number of anilines is 2. The number of H-pyrrole nitrogens is 1. The second kappa shape index (κ2) is 8.68. The number of benzene rings is 1. The molecule has 2 heterocycles. The first kappa shape index (κ1) is 19.5. The van der Waals surface area contributed by atoms with E-state index >= 15 is 0 Å². The third-order valence-corrected chi connectivity index (χ3v) is 5.96. The fraction of sp³-hybridized carbons (Fsp3) is 0.500. The molecule has 1 saturated carbocycles. The number of carbonyl (C=O) groups excluding carboxylic acids is 1. The van der Waals surface area contributed by atoms with Gasteiger partial charge in [-0.3, -0.25) is 14.6 Å². The molecule has 7 heteroatoms. The molecule has 0 radical (unpaired) electrons. The number of aromatic nitrogens is 2. The Labute approximate surface area is 170 Å². The summed E-state index contributed by atoms with van der Waals surface area (Å²) in [5.74, 6) is 1.69. The van der Waals surface area contributed by atoms with Gasteiger partial charge in [0.2, 0.25) is 11.9 Å². The van der Waals surface area contributed by atoms with Crippen molar-refractivity contribution in [2.45, 2.75) is 44.4 Å². The molecule has 2 aromatic rings. The van der Waals surface area contributed by atoms with Crippen LogP contribution in [0.5, 0.6) is 5.75 Å². The summed E-state index contributed by atoms with van der Waals surface area (Å²) in [6, 6.07) is 8.99. The standard InChI is InChI=1S/C22H28N4O3/c1-29-19-10-6-5-9-18(19)26-14-16(11-21(26)28)17-12-20(27)25-22(24-17)23-13-15-7-3-2-4-8-15/h5-6,9-10,12,15-16H,2-4,7-8,11,13-14H2,1H3,(H2,23,24,25,27)/t16-/m1/s1. The van der Waals surface area contributed by atoms with E-state index in [1.165, 1.54) is 38.2 Å². The molecule has 1 aliphatic heterocycles. The third-order valence-electron chi connectivity index (χ3n) is 5.96. The predicted molar refractivity (Wildman–Crippen MR) is 113 cm³/mol. The van der Waals surface area contributed by atoms with Crippen LogP contribution in [0.15, 0.2) is 35.1 Å². The molecule has 0 unspecified atom stereocenters. The number of para-hydroxylation sites is 2. The van der Waals surface area contributed by atoms with E-state index in [9.17, 15) is 9.59 Å². The summed E-state index contributed by atoms with van der Waals surface area (Å²) < 4.78 is 5.40. The largest absolute Gasteiger partial charge is 0.495 e. The van der Waals surface area contributed by atoms with Gasteiger partial charge in [0.25, 0.3) is 5.56 Å². The first-order valence-electron chi connectivity index (χ1n) is 10.4. The van der Waals surface area contributed by atoms with Crippen molar-refractivity contribution in [1.82, 2.24) is 9.97 Å². The van der Waals surface area contributed by atoms with Gasteiger partial charge in [0.15, 0.2) is 0 Å². The minimum atomic E-state index is -0.190. The summed E-state index contributed by atoms with van der Waals surface area (Å²) in [5.41, 5.74) is 1.22. The van der Waals surface area contributed by atoms with Crippen LogP contribution in [0, 0.1) is 5.92 Å². The van der Waals surface area contributed by atoms with Gasteiger partial charge in [-0.05, 0) is 30.9 Å². The Morgan fingerprint density at radius 1 is 1.21 bits per heavy atom. The Morgan fingerprint density at radius 3 is 2.79 bits per heavy atom. The van der Waals surface area contributed by atoms with E-state index in [0.717, 1.165) is 12.2 Å². The average Bonchev–Trinajstić information content (AvgIpc) is 3.14. The Kier molecular flexibility index (Phi) is 5.83. The zero-order valence-corrected chi connectivity index (χ0v) is 16.8. The van der Waals surface area contributed by atoms with Gasteiger partial charge in [0, 0.05) is 31.5 Å². The summed E-state index contributed by atoms with van der Waals surface area (Å²) in [5, 5.41) is 3.31. The number of hydrogen-bond acceptors (Lipinski definition) is 5. The van der Waals surface area contributed by atoms with Crippen LogP contribution in [0.4, 0.5) is 11.6 Å². The highest BCUT2D eigenvalue weighted by atomic mass is 16.5.